The first-order valence-electron chi connectivity index (χ1n) is 7.64. The summed E-state index contributed by atoms with van der Waals surface area (Å²) in [6, 6.07) is 7.49. The van der Waals surface area contributed by atoms with Crippen molar-refractivity contribution in [2.75, 3.05) is 0 Å². The van der Waals surface area contributed by atoms with E-state index < -0.39 is 34.0 Å². The number of hydrogen-bond donors (Lipinski definition) is 0. The van der Waals surface area contributed by atoms with E-state index in [4.69, 9.17) is 0 Å². The molecule has 2 aliphatic heterocycles. The molecule has 0 radical (unpaired) electrons. The SMILES string of the molecule is O=c1n(-c2ccccc2)c(=O)n2n1[C@@H]1C=C[C@H]2[C@]2(F)[C@@H]1[C@@H](Br)[C@H]2Br. The summed E-state index contributed by atoms with van der Waals surface area (Å²) in [5.41, 5.74) is -2.01. The predicted octanol–water partition coefficient (Wildman–Crippen LogP) is 2.33. The van der Waals surface area contributed by atoms with Crippen LogP contribution in [0.15, 0.2) is 52.1 Å². The molecule has 0 unspecified atom stereocenters. The molecular weight excluding hydrogens is 445 g/mol. The molecule has 0 N–H and O–H groups in total. The largest absolute Gasteiger partial charge is 0.352 e. The van der Waals surface area contributed by atoms with E-state index in [0.717, 1.165) is 4.57 Å². The van der Waals surface area contributed by atoms with Gasteiger partial charge >= 0.3 is 11.4 Å². The molecule has 1 saturated carbocycles. The maximum Gasteiger partial charge on any atom is 0.352 e. The van der Waals surface area contributed by atoms with Gasteiger partial charge in [-0.2, -0.15) is 0 Å². The lowest BCUT2D eigenvalue weighted by Gasteiger charge is -2.61. The molecule has 1 aromatic heterocycles. The Hall–Kier alpha value is -1.41. The highest BCUT2D eigenvalue weighted by Gasteiger charge is 2.72. The van der Waals surface area contributed by atoms with Crippen LogP contribution in [0.5, 0.6) is 0 Å². The Morgan fingerprint density at radius 2 is 1.67 bits per heavy atom. The second kappa shape index (κ2) is 4.60. The first-order chi connectivity index (χ1) is 11.5. The zero-order chi connectivity index (χ0) is 16.8. The number of aromatic nitrogens is 3. The Labute approximate surface area is 152 Å². The number of para-hydroxylation sites is 1. The molecule has 3 heterocycles. The highest BCUT2D eigenvalue weighted by molar-refractivity contribution is 9.12. The van der Waals surface area contributed by atoms with Crippen LogP contribution in [0.3, 0.4) is 0 Å². The van der Waals surface area contributed by atoms with Crippen molar-refractivity contribution in [2.24, 2.45) is 5.92 Å². The number of benzene rings is 1. The van der Waals surface area contributed by atoms with Crippen LogP contribution in [-0.4, -0.2) is 29.3 Å². The second-order valence-electron chi connectivity index (χ2n) is 6.44. The van der Waals surface area contributed by atoms with Gasteiger partial charge in [0.25, 0.3) is 0 Å². The van der Waals surface area contributed by atoms with Crippen molar-refractivity contribution in [2.45, 2.75) is 27.4 Å². The summed E-state index contributed by atoms with van der Waals surface area (Å²) >= 11 is 6.93. The molecule has 0 spiro atoms. The summed E-state index contributed by atoms with van der Waals surface area (Å²) in [5, 5.41) is 0. The van der Waals surface area contributed by atoms with E-state index in [0.29, 0.717) is 5.69 Å². The number of halogens is 3. The number of alkyl halides is 3. The summed E-state index contributed by atoms with van der Waals surface area (Å²) in [4.78, 5) is 25.3. The van der Waals surface area contributed by atoms with Gasteiger partial charge in [-0.25, -0.2) is 27.9 Å². The fourth-order valence-electron chi connectivity index (χ4n) is 4.33. The van der Waals surface area contributed by atoms with Gasteiger partial charge in [-0.1, -0.05) is 62.2 Å². The number of hydrogen-bond acceptors (Lipinski definition) is 2. The van der Waals surface area contributed by atoms with Crippen molar-refractivity contribution in [3.63, 3.8) is 0 Å². The Bertz CT molecular complexity index is 995. The molecule has 2 aliphatic carbocycles. The zero-order valence-corrected chi connectivity index (χ0v) is 15.4. The average Bonchev–Trinajstić information content (AvgIpc) is 2.88. The molecule has 4 aliphatic rings. The Morgan fingerprint density at radius 1 is 1.00 bits per heavy atom. The van der Waals surface area contributed by atoms with Crippen LogP contribution in [0, 0.1) is 5.92 Å². The molecular formula is C16H12Br2FN3O2. The Balaban J connectivity index is 1.81. The van der Waals surface area contributed by atoms with Crippen molar-refractivity contribution < 1.29 is 4.39 Å². The third-order valence-electron chi connectivity index (χ3n) is 5.44. The lowest BCUT2D eigenvalue weighted by atomic mass is 9.59. The smallest absolute Gasteiger partial charge is 0.245 e. The highest BCUT2D eigenvalue weighted by Crippen LogP contribution is 2.64. The average molecular weight is 457 g/mol. The van der Waals surface area contributed by atoms with Crippen LogP contribution >= 0.6 is 31.9 Å². The normalized spacial score (nSPS) is 38.5. The number of nitrogens with zero attached hydrogens (tertiary/aromatic N) is 3. The summed E-state index contributed by atoms with van der Waals surface area (Å²) < 4.78 is 19.5. The molecule has 1 fully saturated rings. The third kappa shape index (κ3) is 1.46. The molecule has 24 heavy (non-hydrogen) atoms. The summed E-state index contributed by atoms with van der Waals surface area (Å²) in [5.74, 6) is -0.374. The fraction of sp³-hybridized carbons (Fsp3) is 0.375. The van der Waals surface area contributed by atoms with E-state index in [-0.39, 0.29) is 10.7 Å². The lowest BCUT2D eigenvalue weighted by Crippen LogP contribution is -2.73. The molecule has 0 amide bonds. The Morgan fingerprint density at radius 3 is 2.38 bits per heavy atom. The number of rotatable bonds is 1. The van der Waals surface area contributed by atoms with E-state index in [1.807, 2.05) is 12.1 Å². The van der Waals surface area contributed by atoms with Crippen molar-refractivity contribution >= 4 is 31.9 Å². The predicted molar refractivity (Wildman–Crippen MR) is 94.3 cm³/mol. The lowest BCUT2D eigenvalue weighted by molar-refractivity contribution is -0.0929. The molecule has 6 atom stereocenters. The van der Waals surface area contributed by atoms with Gasteiger partial charge in [0.15, 0.2) is 5.67 Å². The van der Waals surface area contributed by atoms with Crippen LogP contribution in [0.25, 0.3) is 5.69 Å². The maximum atomic E-state index is 15.7. The minimum atomic E-state index is -1.58. The fourth-order valence-corrected chi connectivity index (χ4v) is 6.36. The summed E-state index contributed by atoms with van der Waals surface area (Å²) in [7, 11) is 0. The quantitative estimate of drug-likeness (QED) is 0.488. The zero-order valence-electron chi connectivity index (χ0n) is 12.2. The van der Waals surface area contributed by atoms with Gasteiger partial charge in [0.2, 0.25) is 0 Å². The van der Waals surface area contributed by atoms with Crippen molar-refractivity contribution in [1.29, 1.82) is 0 Å². The van der Waals surface area contributed by atoms with E-state index in [9.17, 15) is 9.59 Å². The first kappa shape index (κ1) is 14.9. The van der Waals surface area contributed by atoms with Crippen molar-refractivity contribution in [3.8, 4) is 5.69 Å². The Kier molecular flexibility index (Phi) is 2.86. The molecule has 2 bridgehead atoms. The summed E-state index contributed by atoms with van der Waals surface area (Å²) in [6.45, 7) is 0. The third-order valence-corrected chi connectivity index (χ3v) is 8.51. The molecule has 2 aromatic rings. The van der Waals surface area contributed by atoms with Crippen LogP contribution in [0.4, 0.5) is 4.39 Å². The van der Waals surface area contributed by atoms with Crippen LogP contribution in [0.1, 0.15) is 12.1 Å². The molecule has 5 nitrogen and oxygen atoms in total. The minimum Gasteiger partial charge on any atom is -0.245 e. The standard InChI is InChI=1S/C16H12Br2FN3O2/c17-12-11-9-6-7-10(16(11,19)13(12)18)22-15(24)20(14(23)21(9)22)8-4-2-1-3-5-8/h1-7,9-13H/t9-,10+,11+,12-,13-,16+/m1/s1. The van der Waals surface area contributed by atoms with E-state index in [1.54, 1.807) is 30.3 Å². The molecule has 0 saturated heterocycles. The van der Waals surface area contributed by atoms with Gasteiger partial charge in [0.1, 0.15) is 6.04 Å². The molecule has 8 heteroatoms. The van der Waals surface area contributed by atoms with E-state index >= 15 is 4.39 Å². The number of allylic oxidation sites excluding steroid dienone is 2. The highest BCUT2D eigenvalue weighted by atomic mass is 79.9. The van der Waals surface area contributed by atoms with Crippen molar-refractivity contribution in [1.82, 2.24) is 13.9 Å². The molecule has 6 rings (SSSR count). The van der Waals surface area contributed by atoms with Gasteiger partial charge in [0, 0.05) is 10.7 Å². The summed E-state index contributed by atoms with van der Waals surface area (Å²) in [6.07, 6.45) is 3.56. The van der Waals surface area contributed by atoms with Gasteiger partial charge < -0.3 is 0 Å². The van der Waals surface area contributed by atoms with Crippen LogP contribution in [0.2, 0.25) is 0 Å². The van der Waals surface area contributed by atoms with Crippen LogP contribution < -0.4 is 11.4 Å². The van der Waals surface area contributed by atoms with Gasteiger partial charge in [-0.15, -0.1) is 0 Å². The van der Waals surface area contributed by atoms with E-state index in [1.165, 1.54) is 9.36 Å². The molecule has 1 aromatic carbocycles. The second-order valence-corrected chi connectivity index (χ2v) is 8.49. The topological polar surface area (TPSA) is 48.9 Å². The van der Waals surface area contributed by atoms with Crippen LogP contribution in [-0.2, 0) is 0 Å². The minimum absolute atomic E-state index is 0.0872. The van der Waals surface area contributed by atoms with Crippen molar-refractivity contribution in [3.05, 3.63) is 63.5 Å². The maximum absolute atomic E-state index is 15.7. The first-order valence-corrected chi connectivity index (χ1v) is 9.48. The monoisotopic (exact) mass is 455 g/mol. The van der Waals surface area contributed by atoms with Gasteiger partial charge in [0.05, 0.1) is 16.6 Å². The van der Waals surface area contributed by atoms with Gasteiger partial charge in [-0.3, -0.25) is 0 Å². The van der Waals surface area contributed by atoms with Gasteiger partial charge in [-0.05, 0) is 12.1 Å². The molecule has 124 valence electrons. The van der Waals surface area contributed by atoms with E-state index in [2.05, 4.69) is 31.9 Å².